The van der Waals surface area contributed by atoms with Crippen LogP contribution in [0.5, 0.6) is 5.75 Å². The highest BCUT2D eigenvalue weighted by Gasteiger charge is 2.30. The first-order valence-corrected chi connectivity index (χ1v) is 6.23. The van der Waals surface area contributed by atoms with Crippen LogP contribution in [0.4, 0.5) is 23.7 Å². The molecule has 0 saturated heterocycles. The van der Waals surface area contributed by atoms with E-state index in [4.69, 9.17) is 6.42 Å². The van der Waals surface area contributed by atoms with E-state index in [1.54, 1.807) is 0 Å². The number of rotatable bonds is 5. The molecule has 2 amide bonds. The van der Waals surface area contributed by atoms with Gasteiger partial charge in [0.15, 0.2) is 0 Å². The van der Waals surface area contributed by atoms with Crippen molar-refractivity contribution < 1.29 is 22.7 Å². The molecule has 0 aromatic heterocycles. The Labute approximate surface area is 120 Å². The minimum atomic E-state index is -4.74. The standard InChI is InChI=1S/C14H15F3N2O2/c1-3-5-10(4-2)18-13(20)19-11-6-8-12(9-7-11)21-14(15,16)17/h2,6-10H,3,5H2,1H3,(H2,18,19,20). The molecule has 1 atom stereocenters. The maximum atomic E-state index is 12.0. The third-order valence-corrected chi connectivity index (χ3v) is 2.43. The van der Waals surface area contributed by atoms with E-state index in [0.717, 1.165) is 18.6 Å². The van der Waals surface area contributed by atoms with Crippen molar-refractivity contribution in [2.24, 2.45) is 0 Å². The Kier molecular flexibility index (Phi) is 5.91. The van der Waals surface area contributed by atoms with Gasteiger partial charge in [0.2, 0.25) is 0 Å². The molecule has 0 bridgehead atoms. The van der Waals surface area contributed by atoms with Crippen LogP contribution in [0, 0.1) is 12.3 Å². The lowest BCUT2D eigenvalue weighted by Crippen LogP contribution is -2.36. The number of alkyl halides is 3. The van der Waals surface area contributed by atoms with Crippen molar-refractivity contribution in [1.29, 1.82) is 0 Å². The molecule has 7 heteroatoms. The summed E-state index contributed by atoms with van der Waals surface area (Å²) in [6, 6.07) is 3.90. The summed E-state index contributed by atoms with van der Waals surface area (Å²) >= 11 is 0. The molecule has 0 saturated carbocycles. The van der Waals surface area contributed by atoms with E-state index in [1.165, 1.54) is 12.1 Å². The zero-order valence-electron chi connectivity index (χ0n) is 11.3. The van der Waals surface area contributed by atoms with Crippen LogP contribution in [0.3, 0.4) is 0 Å². The second-order valence-corrected chi connectivity index (χ2v) is 4.18. The maximum absolute atomic E-state index is 12.0. The number of halogens is 3. The van der Waals surface area contributed by atoms with Crippen molar-refractivity contribution in [3.8, 4) is 18.1 Å². The molecular weight excluding hydrogens is 285 g/mol. The van der Waals surface area contributed by atoms with Crippen molar-refractivity contribution in [1.82, 2.24) is 5.32 Å². The van der Waals surface area contributed by atoms with Gasteiger partial charge >= 0.3 is 12.4 Å². The van der Waals surface area contributed by atoms with Gasteiger partial charge in [-0.15, -0.1) is 19.6 Å². The Bertz CT molecular complexity index is 506. The minimum Gasteiger partial charge on any atom is -0.406 e. The quantitative estimate of drug-likeness (QED) is 0.818. The number of ether oxygens (including phenoxy) is 1. The number of benzene rings is 1. The number of hydrogen-bond donors (Lipinski definition) is 2. The van der Waals surface area contributed by atoms with Gasteiger partial charge in [0.1, 0.15) is 5.75 Å². The normalized spacial score (nSPS) is 12.1. The molecule has 0 spiro atoms. The highest BCUT2D eigenvalue weighted by atomic mass is 19.4. The fraction of sp³-hybridized carbons (Fsp3) is 0.357. The van der Waals surface area contributed by atoms with Gasteiger partial charge in [-0.25, -0.2) is 4.79 Å². The predicted molar refractivity (Wildman–Crippen MR) is 72.8 cm³/mol. The zero-order chi connectivity index (χ0) is 15.9. The lowest BCUT2D eigenvalue weighted by molar-refractivity contribution is -0.274. The van der Waals surface area contributed by atoms with E-state index in [1.807, 2.05) is 6.92 Å². The Morgan fingerprint density at radius 1 is 1.38 bits per heavy atom. The Morgan fingerprint density at radius 3 is 2.48 bits per heavy atom. The SMILES string of the molecule is C#CC(CCC)NC(=O)Nc1ccc(OC(F)(F)F)cc1. The van der Waals surface area contributed by atoms with Crippen LogP contribution in [0.15, 0.2) is 24.3 Å². The van der Waals surface area contributed by atoms with Gasteiger partial charge in [0.25, 0.3) is 0 Å². The van der Waals surface area contributed by atoms with E-state index in [-0.39, 0.29) is 11.8 Å². The third-order valence-electron chi connectivity index (χ3n) is 2.43. The summed E-state index contributed by atoms with van der Waals surface area (Å²) in [6.45, 7) is 1.93. The molecule has 21 heavy (non-hydrogen) atoms. The van der Waals surface area contributed by atoms with Crippen LogP contribution in [0.25, 0.3) is 0 Å². The van der Waals surface area contributed by atoms with Gasteiger partial charge in [0.05, 0.1) is 6.04 Å². The molecule has 1 aromatic rings. The fourth-order valence-electron chi connectivity index (χ4n) is 1.55. The molecule has 0 fully saturated rings. The van der Waals surface area contributed by atoms with E-state index in [0.29, 0.717) is 12.1 Å². The molecule has 4 nitrogen and oxygen atoms in total. The van der Waals surface area contributed by atoms with Gasteiger partial charge in [-0.2, -0.15) is 0 Å². The summed E-state index contributed by atoms with van der Waals surface area (Å²) in [5.41, 5.74) is 0.328. The largest absolute Gasteiger partial charge is 0.573 e. The molecule has 2 N–H and O–H groups in total. The number of carbonyl (C=O) groups is 1. The Balaban J connectivity index is 2.56. The van der Waals surface area contributed by atoms with E-state index >= 15 is 0 Å². The number of amides is 2. The summed E-state index contributed by atoms with van der Waals surface area (Å²) < 4.78 is 39.7. The molecule has 0 aliphatic carbocycles. The average molecular weight is 300 g/mol. The molecular formula is C14H15F3N2O2. The first-order valence-electron chi connectivity index (χ1n) is 6.23. The highest BCUT2D eigenvalue weighted by Crippen LogP contribution is 2.23. The van der Waals surface area contributed by atoms with Crippen molar-refractivity contribution in [3.05, 3.63) is 24.3 Å². The van der Waals surface area contributed by atoms with Crippen LogP contribution in [-0.4, -0.2) is 18.4 Å². The Hall–Kier alpha value is -2.36. The minimum absolute atomic E-state index is 0.328. The van der Waals surface area contributed by atoms with Crippen LogP contribution < -0.4 is 15.4 Å². The third kappa shape index (κ3) is 6.56. The number of urea groups is 1. The summed E-state index contributed by atoms with van der Waals surface area (Å²) in [5.74, 6) is 2.08. The van der Waals surface area contributed by atoms with Crippen molar-refractivity contribution in [2.45, 2.75) is 32.2 Å². The predicted octanol–water partition coefficient (Wildman–Crippen LogP) is 3.51. The molecule has 1 unspecified atom stereocenters. The van der Waals surface area contributed by atoms with Gasteiger partial charge in [-0.05, 0) is 30.7 Å². The van der Waals surface area contributed by atoms with Gasteiger partial charge < -0.3 is 15.4 Å². The smallest absolute Gasteiger partial charge is 0.406 e. The number of carbonyl (C=O) groups excluding carboxylic acids is 1. The van der Waals surface area contributed by atoms with Crippen LogP contribution in [0.1, 0.15) is 19.8 Å². The average Bonchev–Trinajstić information content (AvgIpc) is 2.39. The summed E-state index contributed by atoms with van der Waals surface area (Å²) in [5, 5.41) is 5.04. The first kappa shape index (κ1) is 16.7. The summed E-state index contributed by atoms with van der Waals surface area (Å²) in [4.78, 5) is 11.6. The molecule has 0 aliphatic rings. The molecule has 1 aromatic carbocycles. The number of nitrogens with one attached hydrogen (secondary N) is 2. The summed E-state index contributed by atoms with van der Waals surface area (Å²) in [7, 11) is 0. The molecule has 0 heterocycles. The van der Waals surface area contributed by atoms with E-state index in [2.05, 4.69) is 21.3 Å². The van der Waals surface area contributed by atoms with Crippen LogP contribution in [0.2, 0.25) is 0 Å². The second-order valence-electron chi connectivity index (χ2n) is 4.18. The van der Waals surface area contributed by atoms with Gasteiger partial charge in [-0.3, -0.25) is 0 Å². The number of hydrogen-bond acceptors (Lipinski definition) is 2. The molecule has 0 aliphatic heterocycles. The van der Waals surface area contributed by atoms with E-state index < -0.39 is 12.4 Å². The van der Waals surface area contributed by atoms with Gasteiger partial charge in [-0.1, -0.05) is 19.3 Å². The number of anilines is 1. The highest BCUT2D eigenvalue weighted by molar-refractivity contribution is 5.89. The van der Waals surface area contributed by atoms with Gasteiger partial charge in [0, 0.05) is 5.69 Å². The van der Waals surface area contributed by atoms with Crippen molar-refractivity contribution in [2.75, 3.05) is 5.32 Å². The second kappa shape index (κ2) is 7.43. The molecule has 114 valence electrons. The van der Waals surface area contributed by atoms with Crippen LogP contribution in [-0.2, 0) is 0 Å². The topological polar surface area (TPSA) is 50.4 Å². The lowest BCUT2D eigenvalue weighted by atomic mass is 10.2. The van der Waals surface area contributed by atoms with Crippen LogP contribution >= 0.6 is 0 Å². The number of terminal acetylenes is 1. The Morgan fingerprint density at radius 2 is 2.00 bits per heavy atom. The van der Waals surface area contributed by atoms with Crippen molar-refractivity contribution >= 4 is 11.7 Å². The summed E-state index contributed by atoms with van der Waals surface area (Å²) in [6.07, 6.45) is 1.98. The fourth-order valence-corrected chi connectivity index (χ4v) is 1.55. The van der Waals surface area contributed by atoms with Crippen molar-refractivity contribution in [3.63, 3.8) is 0 Å². The lowest BCUT2D eigenvalue weighted by Gasteiger charge is -2.13. The van der Waals surface area contributed by atoms with E-state index in [9.17, 15) is 18.0 Å². The monoisotopic (exact) mass is 300 g/mol. The first-order chi connectivity index (χ1) is 9.84. The molecule has 0 radical (unpaired) electrons. The zero-order valence-corrected chi connectivity index (χ0v) is 11.3. The molecule has 1 rings (SSSR count). The maximum Gasteiger partial charge on any atom is 0.573 e.